The lowest BCUT2D eigenvalue weighted by molar-refractivity contribution is -0.120. The van der Waals surface area contributed by atoms with Crippen molar-refractivity contribution >= 4 is 31.2 Å². The topological polar surface area (TPSA) is 71.5 Å². The van der Waals surface area contributed by atoms with Crippen LogP contribution in [0.3, 0.4) is 0 Å². The van der Waals surface area contributed by atoms with E-state index in [1.165, 1.54) is 4.90 Å². The van der Waals surface area contributed by atoms with E-state index < -0.39 is 35.3 Å². The summed E-state index contributed by atoms with van der Waals surface area (Å²) >= 11 is 0. The number of anilines is 1. The van der Waals surface area contributed by atoms with Crippen molar-refractivity contribution in [2.24, 2.45) is 0 Å². The van der Waals surface area contributed by atoms with Gasteiger partial charge in [0.1, 0.15) is 23.3 Å². The van der Waals surface area contributed by atoms with Gasteiger partial charge in [0.25, 0.3) is 0 Å². The summed E-state index contributed by atoms with van der Waals surface area (Å²) in [6.07, 6.45) is 0.651. The van der Waals surface area contributed by atoms with Crippen LogP contribution in [0.1, 0.15) is 51.8 Å². The maximum absolute atomic E-state index is 13.6. The Morgan fingerprint density at radius 2 is 1.72 bits per heavy atom. The average Bonchev–Trinajstić information content (AvgIpc) is 2.64. The van der Waals surface area contributed by atoms with E-state index in [-0.39, 0.29) is 31.4 Å². The molecule has 1 aromatic heterocycles. The fourth-order valence-electron chi connectivity index (χ4n) is 2.91. The normalized spacial score (nSPS) is 12.0. The van der Waals surface area contributed by atoms with Crippen LogP contribution in [0.15, 0.2) is 36.5 Å². The molecule has 0 saturated heterocycles. The molecule has 1 aromatic carbocycles. The van der Waals surface area contributed by atoms with Crippen molar-refractivity contribution in [3.63, 3.8) is 0 Å². The van der Waals surface area contributed by atoms with E-state index in [9.17, 15) is 18.4 Å². The number of hydrogen-bond donors (Lipinski definition) is 1. The molecule has 1 N–H and O–H groups in total. The highest BCUT2D eigenvalue weighted by Gasteiger charge is 2.28. The monoisotopic (exact) mass is 467 g/mol. The number of benzene rings is 1. The van der Waals surface area contributed by atoms with E-state index in [0.29, 0.717) is 5.69 Å². The Labute approximate surface area is 194 Å². The maximum atomic E-state index is 13.6. The summed E-state index contributed by atoms with van der Waals surface area (Å²) in [4.78, 5) is 31.2. The van der Waals surface area contributed by atoms with Crippen LogP contribution in [0.25, 0.3) is 0 Å². The van der Waals surface area contributed by atoms with Gasteiger partial charge in [-0.15, -0.1) is 0 Å². The van der Waals surface area contributed by atoms with Crippen molar-refractivity contribution in [1.82, 2.24) is 10.3 Å². The van der Waals surface area contributed by atoms with Crippen LogP contribution in [0, 0.1) is 11.6 Å². The molecule has 2 rings (SSSR count). The van der Waals surface area contributed by atoms with E-state index >= 15 is 0 Å². The number of nitrogens with zero attached hydrogens (tertiary/aromatic N) is 2. The molecule has 0 aliphatic carbocycles. The van der Waals surface area contributed by atoms with Gasteiger partial charge in [0, 0.05) is 25.2 Å². The van der Waals surface area contributed by atoms with Gasteiger partial charge in [-0.05, 0) is 56.5 Å². The maximum Gasteiger partial charge on any atom is 0.408 e. The minimum atomic E-state index is -1.11. The van der Waals surface area contributed by atoms with Gasteiger partial charge in [0.2, 0.25) is 5.91 Å². The highest BCUT2D eigenvalue weighted by atomic mass is 32.1. The number of nitrogens with one attached hydrogen (secondary N) is 1. The molecular formula is C23H31F2N3O3S. The average molecular weight is 468 g/mol. The predicted octanol–water partition coefficient (Wildman–Crippen LogP) is 4.69. The number of carbonyl (C=O) groups excluding carboxylic acids is 2. The SMILES string of the molecule is CC(C)c1ccc(N(C)C(=O)[C@H](Cc2cc(F)cc(F)c2)NC(=O)OC(C)(C)C)cn1.S. The Balaban J connectivity index is 0.00000512. The standard InChI is InChI=1S/C23H29F2N3O3.H2S/c1-14(2)19-8-7-18(13-26-19)28(6)21(29)20(27-22(30)31-23(3,4)5)11-15-9-16(24)12-17(25)10-15;/h7-10,12-14,20H,11H2,1-6H3,(H,27,30);1H2/t20-;/m0./s1. The lowest BCUT2D eigenvalue weighted by Crippen LogP contribution is -2.50. The third-order valence-corrected chi connectivity index (χ3v) is 4.43. The van der Waals surface area contributed by atoms with E-state index in [0.717, 1.165) is 23.9 Å². The number of carbonyl (C=O) groups is 2. The number of alkyl carbamates (subject to hydrolysis) is 1. The van der Waals surface area contributed by atoms with Gasteiger partial charge >= 0.3 is 6.09 Å². The third kappa shape index (κ3) is 8.11. The zero-order chi connectivity index (χ0) is 23.3. The Morgan fingerprint density at radius 1 is 1.12 bits per heavy atom. The zero-order valence-corrected chi connectivity index (χ0v) is 20.2. The van der Waals surface area contributed by atoms with Gasteiger partial charge in [-0.25, -0.2) is 13.6 Å². The summed E-state index contributed by atoms with van der Waals surface area (Å²) in [7, 11) is 1.55. The molecule has 2 amide bonds. The lowest BCUT2D eigenvalue weighted by Gasteiger charge is -2.26. The first-order valence-corrected chi connectivity index (χ1v) is 10.0. The molecule has 1 atom stereocenters. The van der Waals surface area contributed by atoms with Crippen LogP contribution < -0.4 is 10.2 Å². The molecule has 0 saturated carbocycles. The van der Waals surface area contributed by atoms with E-state index in [1.54, 1.807) is 40.1 Å². The largest absolute Gasteiger partial charge is 0.444 e. The minimum Gasteiger partial charge on any atom is -0.444 e. The van der Waals surface area contributed by atoms with Gasteiger partial charge in [-0.1, -0.05) is 13.8 Å². The molecule has 9 heteroatoms. The fraction of sp³-hybridized carbons (Fsp3) is 0.435. The van der Waals surface area contributed by atoms with E-state index in [4.69, 9.17) is 4.74 Å². The Morgan fingerprint density at radius 3 is 2.19 bits per heavy atom. The number of rotatable bonds is 6. The first-order chi connectivity index (χ1) is 14.4. The molecule has 0 radical (unpaired) electrons. The van der Waals surface area contributed by atoms with Crippen LogP contribution in [0.2, 0.25) is 0 Å². The summed E-state index contributed by atoms with van der Waals surface area (Å²) in [5.41, 5.74) is 0.859. The first-order valence-electron chi connectivity index (χ1n) is 10.0. The lowest BCUT2D eigenvalue weighted by atomic mass is 10.0. The van der Waals surface area contributed by atoms with E-state index in [2.05, 4.69) is 10.3 Å². The van der Waals surface area contributed by atoms with Gasteiger partial charge in [-0.3, -0.25) is 9.78 Å². The number of pyridine rings is 1. The van der Waals surface area contributed by atoms with Gasteiger partial charge in [0.05, 0.1) is 11.9 Å². The van der Waals surface area contributed by atoms with E-state index in [1.807, 2.05) is 19.9 Å². The molecule has 176 valence electrons. The molecule has 0 bridgehead atoms. The number of halogens is 2. The Kier molecular flexibility index (Phi) is 9.63. The van der Waals surface area contributed by atoms with Crippen molar-refractivity contribution in [2.45, 2.75) is 58.6 Å². The molecule has 0 aliphatic rings. The molecular weight excluding hydrogens is 436 g/mol. The van der Waals surface area contributed by atoms with Crippen LogP contribution >= 0.6 is 13.5 Å². The summed E-state index contributed by atoms with van der Waals surface area (Å²) in [5.74, 6) is -1.77. The second-order valence-corrected chi connectivity index (χ2v) is 8.67. The number of likely N-dealkylation sites (N-methyl/N-ethyl adjacent to an activating group) is 1. The fourth-order valence-corrected chi connectivity index (χ4v) is 2.91. The smallest absolute Gasteiger partial charge is 0.408 e. The number of hydrogen-bond acceptors (Lipinski definition) is 4. The molecule has 0 spiro atoms. The number of aromatic nitrogens is 1. The first kappa shape index (κ1) is 27.4. The molecule has 1 heterocycles. The Bertz CT molecular complexity index is 911. The second kappa shape index (κ2) is 11.3. The summed E-state index contributed by atoms with van der Waals surface area (Å²) in [6.45, 7) is 9.10. The molecule has 6 nitrogen and oxygen atoms in total. The summed E-state index contributed by atoms with van der Waals surface area (Å²) in [6, 6.07) is 5.47. The number of ether oxygens (including phenoxy) is 1. The van der Waals surface area contributed by atoms with Crippen LogP contribution in [-0.4, -0.2) is 35.7 Å². The quantitative estimate of drug-likeness (QED) is 0.669. The van der Waals surface area contributed by atoms with Crippen LogP contribution in [0.5, 0.6) is 0 Å². The van der Waals surface area contributed by atoms with Crippen molar-refractivity contribution in [3.05, 3.63) is 59.4 Å². The molecule has 0 aliphatic heterocycles. The van der Waals surface area contributed by atoms with Gasteiger partial charge in [0.15, 0.2) is 0 Å². The summed E-state index contributed by atoms with van der Waals surface area (Å²) < 4.78 is 32.5. The third-order valence-electron chi connectivity index (χ3n) is 4.43. The molecule has 2 aromatic rings. The Hall–Kier alpha value is -2.68. The molecule has 0 fully saturated rings. The summed E-state index contributed by atoms with van der Waals surface area (Å²) in [5, 5.41) is 2.52. The van der Waals surface area contributed by atoms with Crippen molar-refractivity contribution in [3.8, 4) is 0 Å². The number of amides is 2. The molecule has 32 heavy (non-hydrogen) atoms. The highest BCUT2D eigenvalue weighted by Crippen LogP contribution is 2.19. The minimum absolute atomic E-state index is 0. The second-order valence-electron chi connectivity index (χ2n) is 8.67. The molecule has 0 unspecified atom stereocenters. The zero-order valence-electron chi connectivity index (χ0n) is 19.2. The van der Waals surface area contributed by atoms with Crippen LogP contribution in [0.4, 0.5) is 19.3 Å². The van der Waals surface area contributed by atoms with Crippen molar-refractivity contribution < 1.29 is 23.1 Å². The predicted molar refractivity (Wildman–Crippen MR) is 125 cm³/mol. The van der Waals surface area contributed by atoms with Gasteiger partial charge < -0.3 is 15.0 Å². The van der Waals surface area contributed by atoms with Gasteiger partial charge in [-0.2, -0.15) is 13.5 Å². The highest BCUT2D eigenvalue weighted by molar-refractivity contribution is 7.59. The van der Waals surface area contributed by atoms with Crippen LogP contribution in [-0.2, 0) is 16.0 Å². The van der Waals surface area contributed by atoms with Crippen molar-refractivity contribution in [1.29, 1.82) is 0 Å². The van der Waals surface area contributed by atoms with Crippen molar-refractivity contribution in [2.75, 3.05) is 11.9 Å².